The summed E-state index contributed by atoms with van der Waals surface area (Å²) in [6.07, 6.45) is 1.43. The molecule has 13 heavy (non-hydrogen) atoms. The van der Waals surface area contributed by atoms with Crippen LogP contribution in [0.5, 0.6) is 0 Å². The number of nitrogens with two attached hydrogens (primary N) is 1. The number of methoxy groups -OCH3 is 1. The molecular weight excluding hydrogens is 194 g/mol. The summed E-state index contributed by atoms with van der Waals surface area (Å²) in [5.74, 6) is -0.479. The summed E-state index contributed by atoms with van der Waals surface area (Å²) < 4.78 is 4.59. The Kier molecular flexibility index (Phi) is 5.29. The van der Waals surface area contributed by atoms with E-state index in [4.69, 9.17) is 5.73 Å². The Morgan fingerprint density at radius 3 is 2.62 bits per heavy atom. The van der Waals surface area contributed by atoms with Crippen LogP contribution in [-0.2, 0) is 9.53 Å². The highest BCUT2D eigenvalue weighted by molar-refractivity contribution is 5.85. The minimum atomic E-state index is -0.346. The maximum Gasteiger partial charge on any atom is 0.310 e. The smallest absolute Gasteiger partial charge is 0.310 e. The molecule has 78 valence electrons. The summed E-state index contributed by atoms with van der Waals surface area (Å²) in [5, 5.41) is 9.22. The van der Waals surface area contributed by atoms with Crippen LogP contribution in [0.25, 0.3) is 0 Å². The third kappa shape index (κ3) is 3.14. The van der Waals surface area contributed by atoms with Crippen LogP contribution in [0, 0.1) is 5.92 Å². The molecule has 0 aliphatic heterocycles. The first-order valence-electron chi connectivity index (χ1n) is 4.16. The minimum absolute atomic E-state index is 0. The van der Waals surface area contributed by atoms with Gasteiger partial charge in [-0.2, -0.15) is 0 Å². The van der Waals surface area contributed by atoms with E-state index in [0.717, 1.165) is 0 Å². The molecule has 3 N–H and O–H groups in total. The van der Waals surface area contributed by atoms with Crippen LogP contribution in [0.1, 0.15) is 19.3 Å². The zero-order valence-electron chi connectivity index (χ0n) is 7.60. The Hall–Kier alpha value is -0.320. The van der Waals surface area contributed by atoms with Crippen molar-refractivity contribution in [3.05, 3.63) is 0 Å². The average molecular weight is 210 g/mol. The van der Waals surface area contributed by atoms with Crippen LogP contribution in [0.2, 0.25) is 0 Å². The Morgan fingerprint density at radius 2 is 2.15 bits per heavy atom. The molecule has 0 heterocycles. The maximum absolute atomic E-state index is 11.1. The standard InChI is InChI=1S/C8H15NO3.ClH/c1-12-8(11)6-3-2-5(10)4-7(6)9;/h5-7,10H,2-4,9H2,1H3;1H/t5-,6+,7-;/m0./s1. The molecule has 0 aromatic rings. The normalized spacial score (nSPS) is 33.3. The van der Waals surface area contributed by atoms with Crippen LogP contribution >= 0.6 is 12.4 Å². The molecule has 1 aliphatic rings. The summed E-state index contributed by atoms with van der Waals surface area (Å²) in [4.78, 5) is 11.1. The largest absolute Gasteiger partial charge is 0.469 e. The van der Waals surface area contributed by atoms with Crippen molar-refractivity contribution >= 4 is 18.4 Å². The summed E-state index contributed by atoms with van der Waals surface area (Å²) in [6.45, 7) is 0. The lowest BCUT2D eigenvalue weighted by Gasteiger charge is -2.29. The summed E-state index contributed by atoms with van der Waals surface area (Å²) in [6, 6.07) is -0.249. The fourth-order valence-electron chi connectivity index (χ4n) is 1.63. The molecule has 0 amide bonds. The molecule has 0 radical (unpaired) electrons. The molecule has 1 saturated carbocycles. The lowest BCUT2D eigenvalue weighted by atomic mass is 9.83. The molecule has 0 bridgehead atoms. The monoisotopic (exact) mass is 209 g/mol. The number of halogens is 1. The number of hydrogen-bond donors (Lipinski definition) is 2. The van der Waals surface area contributed by atoms with Gasteiger partial charge in [-0.15, -0.1) is 12.4 Å². The molecule has 1 fully saturated rings. The number of esters is 1. The topological polar surface area (TPSA) is 72.5 Å². The van der Waals surface area contributed by atoms with Gasteiger partial charge in [0.1, 0.15) is 0 Å². The number of aliphatic hydroxyl groups excluding tert-OH is 1. The van der Waals surface area contributed by atoms with E-state index >= 15 is 0 Å². The molecule has 0 spiro atoms. The van der Waals surface area contributed by atoms with Gasteiger partial charge < -0.3 is 15.6 Å². The van der Waals surface area contributed by atoms with Crippen LogP contribution in [-0.4, -0.2) is 30.3 Å². The average Bonchev–Trinajstić information content (AvgIpc) is 2.03. The number of rotatable bonds is 1. The molecule has 1 rings (SSSR count). The zero-order chi connectivity index (χ0) is 9.14. The van der Waals surface area contributed by atoms with Crippen molar-refractivity contribution in [1.29, 1.82) is 0 Å². The van der Waals surface area contributed by atoms with Crippen LogP contribution in [0.4, 0.5) is 0 Å². The third-order valence-corrected chi connectivity index (χ3v) is 2.38. The Labute approximate surface area is 83.9 Å². The van der Waals surface area contributed by atoms with Gasteiger partial charge >= 0.3 is 5.97 Å². The van der Waals surface area contributed by atoms with Crippen molar-refractivity contribution in [3.63, 3.8) is 0 Å². The number of ether oxygens (including phenoxy) is 1. The molecule has 0 aromatic carbocycles. The van der Waals surface area contributed by atoms with Gasteiger partial charge in [-0.25, -0.2) is 0 Å². The fourth-order valence-corrected chi connectivity index (χ4v) is 1.63. The van der Waals surface area contributed by atoms with Gasteiger partial charge in [0, 0.05) is 6.04 Å². The van der Waals surface area contributed by atoms with Gasteiger partial charge in [-0.05, 0) is 19.3 Å². The second-order valence-electron chi connectivity index (χ2n) is 3.26. The minimum Gasteiger partial charge on any atom is -0.469 e. The van der Waals surface area contributed by atoms with Crippen molar-refractivity contribution in [2.75, 3.05) is 7.11 Å². The summed E-state index contributed by atoms with van der Waals surface area (Å²) >= 11 is 0. The van der Waals surface area contributed by atoms with E-state index in [2.05, 4.69) is 4.74 Å². The lowest BCUT2D eigenvalue weighted by molar-refractivity contribution is -0.147. The van der Waals surface area contributed by atoms with E-state index in [9.17, 15) is 9.90 Å². The first kappa shape index (κ1) is 12.7. The molecule has 0 saturated heterocycles. The SMILES string of the molecule is COC(=O)[C@@H]1CC[C@H](O)C[C@@H]1N.Cl. The van der Waals surface area contributed by atoms with E-state index in [1.807, 2.05) is 0 Å². The highest BCUT2D eigenvalue weighted by Crippen LogP contribution is 2.24. The van der Waals surface area contributed by atoms with E-state index in [-0.39, 0.29) is 36.4 Å². The van der Waals surface area contributed by atoms with Gasteiger partial charge in [-0.3, -0.25) is 4.79 Å². The van der Waals surface area contributed by atoms with Crippen LogP contribution in [0.15, 0.2) is 0 Å². The van der Waals surface area contributed by atoms with E-state index in [1.165, 1.54) is 7.11 Å². The first-order valence-corrected chi connectivity index (χ1v) is 4.16. The molecule has 0 unspecified atom stereocenters. The Bertz CT molecular complexity index is 177. The zero-order valence-corrected chi connectivity index (χ0v) is 8.42. The van der Waals surface area contributed by atoms with Crippen LogP contribution < -0.4 is 5.73 Å². The van der Waals surface area contributed by atoms with Crippen molar-refractivity contribution < 1.29 is 14.6 Å². The fraction of sp³-hybridized carbons (Fsp3) is 0.875. The highest BCUT2D eigenvalue weighted by Gasteiger charge is 2.32. The van der Waals surface area contributed by atoms with Crippen molar-refractivity contribution in [2.24, 2.45) is 11.7 Å². The number of carbonyl (C=O) groups is 1. The molecule has 1 aliphatic carbocycles. The predicted molar refractivity (Wildman–Crippen MR) is 50.6 cm³/mol. The highest BCUT2D eigenvalue weighted by atomic mass is 35.5. The van der Waals surface area contributed by atoms with Crippen molar-refractivity contribution in [1.82, 2.24) is 0 Å². The lowest BCUT2D eigenvalue weighted by Crippen LogP contribution is -2.42. The van der Waals surface area contributed by atoms with Crippen molar-refractivity contribution in [3.8, 4) is 0 Å². The van der Waals surface area contributed by atoms with Crippen LogP contribution in [0.3, 0.4) is 0 Å². The quantitative estimate of drug-likeness (QED) is 0.600. The van der Waals surface area contributed by atoms with Gasteiger partial charge in [0.2, 0.25) is 0 Å². The summed E-state index contributed by atoms with van der Waals surface area (Å²) in [5.41, 5.74) is 5.69. The molecule has 0 aromatic heterocycles. The molecule has 3 atom stereocenters. The number of hydrogen-bond acceptors (Lipinski definition) is 4. The van der Waals surface area contributed by atoms with Gasteiger partial charge in [0.25, 0.3) is 0 Å². The predicted octanol–water partition coefficient (Wildman–Crippen LogP) is 0.0695. The molecular formula is C8H16ClNO3. The Morgan fingerprint density at radius 1 is 1.54 bits per heavy atom. The van der Waals surface area contributed by atoms with Gasteiger partial charge in [0.05, 0.1) is 19.1 Å². The van der Waals surface area contributed by atoms with Gasteiger partial charge in [0.15, 0.2) is 0 Å². The van der Waals surface area contributed by atoms with Gasteiger partial charge in [-0.1, -0.05) is 0 Å². The number of carbonyl (C=O) groups excluding carboxylic acids is 1. The first-order chi connectivity index (χ1) is 5.65. The number of aliphatic hydroxyl groups is 1. The molecule has 5 heteroatoms. The van der Waals surface area contributed by atoms with E-state index in [0.29, 0.717) is 19.3 Å². The maximum atomic E-state index is 11.1. The second-order valence-corrected chi connectivity index (χ2v) is 3.26. The summed E-state index contributed by atoms with van der Waals surface area (Å²) in [7, 11) is 1.36. The second kappa shape index (κ2) is 5.42. The Balaban J connectivity index is 0.00000144. The van der Waals surface area contributed by atoms with Crippen molar-refractivity contribution in [2.45, 2.75) is 31.4 Å². The van der Waals surface area contributed by atoms with E-state index in [1.54, 1.807) is 0 Å². The molecule has 4 nitrogen and oxygen atoms in total. The van der Waals surface area contributed by atoms with E-state index < -0.39 is 0 Å². The third-order valence-electron chi connectivity index (χ3n) is 2.38.